The van der Waals surface area contributed by atoms with Gasteiger partial charge in [-0.15, -0.1) is 0 Å². The first-order valence-electron chi connectivity index (χ1n) is 8.03. The molecule has 1 saturated heterocycles. The number of likely N-dealkylation sites (N-methyl/N-ethyl adjacent to an activating group) is 1. The molecule has 3 atom stereocenters. The highest BCUT2D eigenvalue weighted by molar-refractivity contribution is 7.88. The zero-order valence-corrected chi connectivity index (χ0v) is 14.9. The molecule has 1 N–H and O–H groups in total. The lowest BCUT2D eigenvalue weighted by atomic mass is 9.87. The number of hydrogen-bond acceptors (Lipinski definition) is 4. The Balaban J connectivity index is 2.67. The van der Waals surface area contributed by atoms with Crippen LogP contribution in [0.15, 0.2) is 0 Å². The molecule has 1 heterocycles. The van der Waals surface area contributed by atoms with Crippen molar-refractivity contribution in [2.75, 3.05) is 33.0 Å². The molecule has 126 valence electrons. The van der Waals surface area contributed by atoms with Gasteiger partial charge in [0.1, 0.15) is 0 Å². The Kier molecular flexibility index (Phi) is 7.60. The second-order valence-corrected chi connectivity index (χ2v) is 8.41. The Hall–Kier alpha value is -0.170. The van der Waals surface area contributed by atoms with Gasteiger partial charge in [-0.3, -0.25) is 0 Å². The number of sulfonamides is 1. The van der Waals surface area contributed by atoms with Gasteiger partial charge in [0.25, 0.3) is 0 Å². The fraction of sp³-hybridized carbons (Fsp3) is 1.00. The van der Waals surface area contributed by atoms with E-state index in [-0.39, 0.29) is 12.1 Å². The zero-order chi connectivity index (χ0) is 16.0. The van der Waals surface area contributed by atoms with Gasteiger partial charge in [0.2, 0.25) is 10.0 Å². The monoisotopic (exact) mass is 320 g/mol. The highest BCUT2D eigenvalue weighted by Gasteiger charge is 2.31. The van der Waals surface area contributed by atoms with E-state index in [1.54, 1.807) is 4.31 Å². The van der Waals surface area contributed by atoms with Gasteiger partial charge in [0.05, 0.1) is 12.4 Å². The molecule has 0 saturated carbocycles. The molecular weight excluding hydrogens is 288 g/mol. The Morgan fingerprint density at radius 1 is 1.38 bits per heavy atom. The highest BCUT2D eigenvalue weighted by Crippen LogP contribution is 2.25. The minimum Gasteiger partial charge on any atom is -0.377 e. The molecule has 0 amide bonds. The lowest BCUT2D eigenvalue weighted by Crippen LogP contribution is -2.47. The normalized spacial score (nSPS) is 24.2. The van der Waals surface area contributed by atoms with Gasteiger partial charge in [-0.2, -0.15) is 0 Å². The van der Waals surface area contributed by atoms with Gasteiger partial charge in [0, 0.05) is 25.7 Å². The maximum Gasteiger partial charge on any atom is 0.211 e. The quantitative estimate of drug-likeness (QED) is 0.739. The zero-order valence-electron chi connectivity index (χ0n) is 14.1. The van der Waals surface area contributed by atoms with Crippen molar-refractivity contribution in [1.29, 1.82) is 0 Å². The second kappa shape index (κ2) is 8.46. The average molecular weight is 320 g/mol. The van der Waals surface area contributed by atoms with Crippen LogP contribution in [0.1, 0.15) is 40.0 Å². The molecule has 1 aliphatic rings. The van der Waals surface area contributed by atoms with Gasteiger partial charge >= 0.3 is 0 Å². The average Bonchev–Trinajstić information content (AvgIpc) is 2.41. The summed E-state index contributed by atoms with van der Waals surface area (Å²) in [6.45, 7) is 8.39. The summed E-state index contributed by atoms with van der Waals surface area (Å²) in [4.78, 5) is 0. The van der Waals surface area contributed by atoms with Crippen molar-refractivity contribution in [2.45, 2.75) is 52.2 Å². The van der Waals surface area contributed by atoms with Crippen LogP contribution in [-0.4, -0.2) is 57.9 Å². The molecule has 0 aliphatic carbocycles. The molecule has 21 heavy (non-hydrogen) atoms. The number of hydrogen-bond donors (Lipinski definition) is 1. The summed E-state index contributed by atoms with van der Waals surface area (Å²) in [6.07, 6.45) is 4.50. The van der Waals surface area contributed by atoms with Crippen LogP contribution in [0.25, 0.3) is 0 Å². The van der Waals surface area contributed by atoms with Gasteiger partial charge in [0.15, 0.2) is 0 Å². The largest absolute Gasteiger partial charge is 0.377 e. The van der Waals surface area contributed by atoms with E-state index >= 15 is 0 Å². The van der Waals surface area contributed by atoms with Crippen LogP contribution in [0, 0.1) is 11.8 Å². The standard InChI is InChI=1S/C15H32N2O3S/c1-6-20-15(12(2)3)14(16-4)10-13-8-7-9-17(11-13)21(5,18)19/h12-16H,6-11H2,1-5H3. The molecule has 0 bridgehead atoms. The lowest BCUT2D eigenvalue weighted by molar-refractivity contribution is -0.00238. The van der Waals surface area contributed by atoms with Crippen LogP contribution in [0.5, 0.6) is 0 Å². The Labute approximate surface area is 130 Å². The maximum atomic E-state index is 11.7. The van der Waals surface area contributed by atoms with Crippen LogP contribution in [0.3, 0.4) is 0 Å². The molecule has 1 rings (SSSR count). The first-order chi connectivity index (χ1) is 9.79. The number of nitrogens with one attached hydrogen (secondary N) is 1. The van der Waals surface area contributed by atoms with Crippen LogP contribution < -0.4 is 5.32 Å². The SMILES string of the molecule is CCOC(C(C)C)C(CC1CCCN(S(C)(=O)=O)C1)NC. The second-order valence-electron chi connectivity index (χ2n) is 6.42. The first-order valence-corrected chi connectivity index (χ1v) is 9.88. The topological polar surface area (TPSA) is 58.6 Å². The number of ether oxygens (including phenoxy) is 1. The summed E-state index contributed by atoms with van der Waals surface area (Å²) >= 11 is 0. The van der Waals surface area contributed by atoms with Gasteiger partial charge in [-0.05, 0) is 45.1 Å². The van der Waals surface area contributed by atoms with E-state index < -0.39 is 10.0 Å². The minimum atomic E-state index is -3.07. The smallest absolute Gasteiger partial charge is 0.211 e. The van der Waals surface area contributed by atoms with Crippen molar-refractivity contribution in [3.05, 3.63) is 0 Å². The van der Waals surface area contributed by atoms with Crippen LogP contribution >= 0.6 is 0 Å². The number of piperidine rings is 1. The van der Waals surface area contributed by atoms with E-state index in [0.29, 0.717) is 31.5 Å². The highest BCUT2D eigenvalue weighted by atomic mass is 32.2. The van der Waals surface area contributed by atoms with E-state index in [2.05, 4.69) is 19.2 Å². The number of rotatable bonds is 8. The maximum absolute atomic E-state index is 11.7. The third-order valence-electron chi connectivity index (χ3n) is 4.32. The van der Waals surface area contributed by atoms with Gasteiger partial charge in [-0.25, -0.2) is 12.7 Å². The van der Waals surface area contributed by atoms with Gasteiger partial charge < -0.3 is 10.1 Å². The van der Waals surface area contributed by atoms with E-state index in [0.717, 1.165) is 19.3 Å². The molecule has 0 radical (unpaired) electrons. The molecule has 5 nitrogen and oxygen atoms in total. The van der Waals surface area contributed by atoms with Crippen molar-refractivity contribution < 1.29 is 13.2 Å². The summed E-state index contributed by atoms with van der Waals surface area (Å²) in [5.74, 6) is 0.852. The van der Waals surface area contributed by atoms with Crippen molar-refractivity contribution in [1.82, 2.24) is 9.62 Å². The molecule has 0 aromatic carbocycles. The summed E-state index contributed by atoms with van der Waals surface area (Å²) in [5, 5.41) is 3.38. The third kappa shape index (κ3) is 5.85. The Morgan fingerprint density at radius 3 is 2.52 bits per heavy atom. The molecule has 3 unspecified atom stereocenters. The molecule has 0 aromatic heterocycles. The van der Waals surface area contributed by atoms with Gasteiger partial charge in [-0.1, -0.05) is 13.8 Å². The molecule has 0 spiro atoms. The minimum absolute atomic E-state index is 0.175. The van der Waals surface area contributed by atoms with Crippen molar-refractivity contribution >= 4 is 10.0 Å². The summed E-state index contributed by atoms with van der Waals surface area (Å²) in [7, 11) is -1.10. The van der Waals surface area contributed by atoms with Crippen molar-refractivity contribution in [3.8, 4) is 0 Å². The van der Waals surface area contributed by atoms with Crippen molar-refractivity contribution in [3.63, 3.8) is 0 Å². The van der Waals surface area contributed by atoms with Crippen molar-refractivity contribution in [2.24, 2.45) is 11.8 Å². The lowest BCUT2D eigenvalue weighted by Gasteiger charge is -2.36. The van der Waals surface area contributed by atoms with E-state index in [9.17, 15) is 8.42 Å². The fourth-order valence-electron chi connectivity index (χ4n) is 3.26. The fourth-order valence-corrected chi connectivity index (χ4v) is 4.20. The molecule has 1 fully saturated rings. The number of nitrogens with zero attached hydrogens (tertiary/aromatic N) is 1. The Bertz CT molecular complexity index is 398. The Morgan fingerprint density at radius 2 is 2.05 bits per heavy atom. The summed E-state index contributed by atoms with van der Waals surface area (Å²) in [6, 6.07) is 0.273. The molecule has 6 heteroatoms. The summed E-state index contributed by atoms with van der Waals surface area (Å²) < 4.78 is 31.0. The molecule has 1 aliphatic heterocycles. The van der Waals surface area contributed by atoms with E-state index in [4.69, 9.17) is 4.74 Å². The first kappa shape index (κ1) is 18.9. The van der Waals surface area contributed by atoms with E-state index in [1.165, 1.54) is 6.26 Å². The summed E-state index contributed by atoms with van der Waals surface area (Å²) in [5.41, 5.74) is 0. The predicted octanol–water partition coefficient (Wildman–Crippen LogP) is 1.70. The van der Waals surface area contributed by atoms with Crippen LogP contribution in [0.2, 0.25) is 0 Å². The molecular formula is C15H32N2O3S. The molecule has 0 aromatic rings. The third-order valence-corrected chi connectivity index (χ3v) is 5.59. The van der Waals surface area contributed by atoms with Crippen LogP contribution in [-0.2, 0) is 14.8 Å². The van der Waals surface area contributed by atoms with Crippen LogP contribution in [0.4, 0.5) is 0 Å². The van der Waals surface area contributed by atoms with E-state index in [1.807, 2.05) is 14.0 Å². The predicted molar refractivity (Wildman–Crippen MR) is 86.9 cm³/mol.